The lowest BCUT2D eigenvalue weighted by molar-refractivity contribution is -0.165. The molecule has 7 heteroatoms. The van der Waals surface area contributed by atoms with Crippen LogP contribution in [-0.4, -0.2) is 42.0 Å². The first kappa shape index (κ1) is 55.1. The van der Waals surface area contributed by atoms with E-state index in [9.17, 15) is 19.2 Å². The molecule has 1 aliphatic rings. The van der Waals surface area contributed by atoms with Crippen LogP contribution in [0.5, 0.6) is 0 Å². The molecule has 59 heavy (non-hydrogen) atoms. The Hall–Kier alpha value is -1.92. The number of ketones is 1. The van der Waals surface area contributed by atoms with Crippen LogP contribution < -0.4 is 0 Å². The van der Waals surface area contributed by atoms with Crippen molar-refractivity contribution in [3.8, 4) is 0 Å². The van der Waals surface area contributed by atoms with Crippen molar-refractivity contribution in [2.24, 2.45) is 5.92 Å². The summed E-state index contributed by atoms with van der Waals surface area (Å²) in [5, 5.41) is 0. The Labute approximate surface area is 364 Å². The highest BCUT2D eigenvalue weighted by molar-refractivity contribution is 5.84. The Morgan fingerprint density at radius 1 is 0.356 bits per heavy atom. The summed E-state index contributed by atoms with van der Waals surface area (Å²) in [6, 6.07) is 0. The van der Waals surface area contributed by atoms with E-state index in [1.807, 2.05) is 13.8 Å². The molecule has 1 aliphatic carbocycles. The van der Waals surface area contributed by atoms with E-state index in [2.05, 4.69) is 13.8 Å². The number of hydrogen-bond donors (Lipinski definition) is 0. The van der Waals surface area contributed by atoms with Crippen LogP contribution in [0.2, 0.25) is 0 Å². The van der Waals surface area contributed by atoms with Gasteiger partial charge in [0.25, 0.3) is 0 Å². The van der Waals surface area contributed by atoms with E-state index in [4.69, 9.17) is 14.2 Å². The van der Waals surface area contributed by atoms with Crippen LogP contribution in [0, 0.1) is 5.92 Å². The Balaban J connectivity index is 2.26. The molecule has 0 aromatic carbocycles. The Morgan fingerprint density at radius 3 is 0.881 bits per heavy atom. The number of carbonyl (C=O) groups is 4. The molecule has 0 radical (unpaired) electrons. The van der Waals surface area contributed by atoms with Gasteiger partial charge in [-0.2, -0.15) is 0 Å². The van der Waals surface area contributed by atoms with Gasteiger partial charge in [-0.1, -0.05) is 233 Å². The van der Waals surface area contributed by atoms with Crippen LogP contribution in [0.1, 0.15) is 285 Å². The quantitative estimate of drug-likeness (QED) is 0.0343. The molecule has 346 valence electrons. The average Bonchev–Trinajstić information content (AvgIpc) is 3.57. The van der Waals surface area contributed by atoms with Gasteiger partial charge in [0.05, 0.1) is 6.42 Å². The molecule has 0 amide bonds. The van der Waals surface area contributed by atoms with E-state index in [1.54, 1.807) is 0 Å². The number of rotatable bonds is 43. The van der Waals surface area contributed by atoms with E-state index in [0.717, 1.165) is 38.5 Å². The first-order chi connectivity index (χ1) is 28.8. The van der Waals surface area contributed by atoms with Crippen LogP contribution in [0.3, 0.4) is 0 Å². The summed E-state index contributed by atoms with van der Waals surface area (Å²) in [5.74, 6) is -1.09. The zero-order valence-electron chi connectivity index (χ0n) is 39.5. The summed E-state index contributed by atoms with van der Waals surface area (Å²) in [6.45, 7) is 8.20. The zero-order chi connectivity index (χ0) is 43.0. The van der Waals surface area contributed by atoms with Crippen molar-refractivity contribution in [1.82, 2.24) is 0 Å². The highest BCUT2D eigenvalue weighted by atomic mass is 16.6. The van der Waals surface area contributed by atoms with Gasteiger partial charge in [0.15, 0.2) is 0 Å². The molecule has 0 aromatic rings. The van der Waals surface area contributed by atoms with Crippen LogP contribution in [0.4, 0.5) is 0 Å². The summed E-state index contributed by atoms with van der Waals surface area (Å²) in [6.07, 6.45) is 43.6. The van der Waals surface area contributed by atoms with Gasteiger partial charge in [-0.05, 0) is 12.8 Å². The summed E-state index contributed by atoms with van der Waals surface area (Å²) >= 11 is 0. The van der Waals surface area contributed by atoms with Gasteiger partial charge in [0.2, 0.25) is 0 Å². The van der Waals surface area contributed by atoms with Crippen LogP contribution in [0.25, 0.3) is 0 Å². The lowest BCUT2D eigenvalue weighted by atomic mass is 10.0. The molecule has 0 aromatic heterocycles. The SMILES string of the molecule is CCCCCCCCCCCCCCCCCCCC(=O)O[C@H]1CC(OC(=O)CCC(=O)C(C)C)C[C@H]1OC(=O)CCCCCCCCCCCCCCCCCCC. The summed E-state index contributed by atoms with van der Waals surface area (Å²) in [5.41, 5.74) is 0. The average molecular weight is 833 g/mol. The fourth-order valence-electron chi connectivity index (χ4n) is 8.46. The number of unbranched alkanes of at least 4 members (excludes halogenated alkanes) is 32. The number of hydrogen-bond acceptors (Lipinski definition) is 7. The zero-order valence-corrected chi connectivity index (χ0v) is 39.5. The molecule has 1 rings (SSSR count). The molecule has 7 nitrogen and oxygen atoms in total. The predicted octanol–water partition coefficient (Wildman–Crippen LogP) is 15.6. The lowest BCUT2D eigenvalue weighted by Gasteiger charge is -2.20. The summed E-state index contributed by atoms with van der Waals surface area (Å²) in [4.78, 5) is 50.4. The highest BCUT2D eigenvalue weighted by Crippen LogP contribution is 2.30. The van der Waals surface area contributed by atoms with E-state index in [1.165, 1.54) is 180 Å². The fraction of sp³-hybridized carbons (Fsp3) is 0.923. The summed E-state index contributed by atoms with van der Waals surface area (Å²) in [7, 11) is 0. The second-order valence-electron chi connectivity index (χ2n) is 18.6. The molecule has 0 saturated heterocycles. The number of ether oxygens (including phenoxy) is 3. The maximum atomic E-state index is 12.9. The first-order valence-electron chi connectivity index (χ1n) is 25.9. The maximum Gasteiger partial charge on any atom is 0.306 e. The standard InChI is InChI=1S/C52H96O7/c1-5-7-9-11-13-15-17-19-21-23-25-27-29-31-33-35-37-39-50(54)58-48-43-46(57-52(56)42-41-47(53)45(3)4)44-49(48)59-51(55)40-38-36-34-32-30-28-26-24-22-20-18-16-14-12-10-8-6-2/h45-46,48-49H,5-44H2,1-4H3/t46?,48-,49+. The molecule has 1 saturated carbocycles. The molecule has 0 aliphatic heterocycles. The van der Waals surface area contributed by atoms with Crippen LogP contribution in [0.15, 0.2) is 0 Å². The minimum Gasteiger partial charge on any atom is -0.462 e. The Morgan fingerprint density at radius 2 is 0.610 bits per heavy atom. The Kier molecular flexibility index (Phi) is 37.5. The van der Waals surface area contributed by atoms with Gasteiger partial charge in [-0.15, -0.1) is 0 Å². The fourth-order valence-corrected chi connectivity index (χ4v) is 8.46. The van der Waals surface area contributed by atoms with Gasteiger partial charge < -0.3 is 14.2 Å². The van der Waals surface area contributed by atoms with Gasteiger partial charge in [-0.3, -0.25) is 19.2 Å². The van der Waals surface area contributed by atoms with Crippen LogP contribution >= 0.6 is 0 Å². The third-order valence-corrected chi connectivity index (χ3v) is 12.5. The number of carbonyl (C=O) groups excluding carboxylic acids is 4. The van der Waals surface area contributed by atoms with Gasteiger partial charge in [0, 0.05) is 38.0 Å². The van der Waals surface area contributed by atoms with Crippen molar-refractivity contribution in [3.63, 3.8) is 0 Å². The summed E-state index contributed by atoms with van der Waals surface area (Å²) < 4.78 is 17.4. The lowest BCUT2D eigenvalue weighted by Crippen LogP contribution is -2.30. The van der Waals surface area contributed by atoms with E-state index < -0.39 is 24.3 Å². The maximum absolute atomic E-state index is 12.9. The largest absolute Gasteiger partial charge is 0.462 e. The predicted molar refractivity (Wildman–Crippen MR) is 246 cm³/mol. The molecule has 0 bridgehead atoms. The minimum absolute atomic E-state index is 0.0284. The molecular weight excluding hydrogens is 737 g/mol. The second-order valence-corrected chi connectivity index (χ2v) is 18.6. The van der Waals surface area contributed by atoms with Gasteiger partial charge >= 0.3 is 17.9 Å². The highest BCUT2D eigenvalue weighted by Gasteiger charge is 2.41. The monoisotopic (exact) mass is 833 g/mol. The molecule has 0 heterocycles. The van der Waals surface area contributed by atoms with Crippen LogP contribution in [-0.2, 0) is 33.4 Å². The molecule has 3 atom stereocenters. The van der Waals surface area contributed by atoms with Crippen molar-refractivity contribution in [2.75, 3.05) is 0 Å². The number of Topliss-reactive ketones (excluding diaryl/α,β-unsaturated/α-hetero) is 1. The normalized spacial score (nSPS) is 16.5. The van der Waals surface area contributed by atoms with E-state index in [-0.39, 0.29) is 36.5 Å². The molecule has 1 unspecified atom stereocenters. The Bertz CT molecular complexity index is 949. The van der Waals surface area contributed by atoms with Crippen molar-refractivity contribution in [1.29, 1.82) is 0 Å². The molecule has 0 spiro atoms. The molecular formula is C52H96O7. The van der Waals surface area contributed by atoms with Crippen molar-refractivity contribution in [3.05, 3.63) is 0 Å². The van der Waals surface area contributed by atoms with Gasteiger partial charge in [0.1, 0.15) is 24.1 Å². The van der Waals surface area contributed by atoms with Crippen molar-refractivity contribution >= 4 is 23.7 Å². The van der Waals surface area contributed by atoms with Crippen molar-refractivity contribution < 1.29 is 33.4 Å². The topological polar surface area (TPSA) is 96.0 Å². The molecule has 1 fully saturated rings. The smallest absolute Gasteiger partial charge is 0.306 e. The third kappa shape index (κ3) is 34.4. The minimum atomic E-state index is -0.622. The molecule has 0 N–H and O–H groups in total. The second kappa shape index (κ2) is 40.2. The van der Waals surface area contributed by atoms with Gasteiger partial charge in [-0.25, -0.2) is 0 Å². The van der Waals surface area contributed by atoms with E-state index in [0.29, 0.717) is 25.7 Å². The van der Waals surface area contributed by atoms with Crippen molar-refractivity contribution in [2.45, 2.75) is 303 Å². The third-order valence-electron chi connectivity index (χ3n) is 12.5. The first-order valence-corrected chi connectivity index (χ1v) is 25.9. The number of esters is 3. The van der Waals surface area contributed by atoms with E-state index >= 15 is 0 Å².